The second-order valence-corrected chi connectivity index (χ2v) is 8.38. The highest BCUT2D eigenvalue weighted by atomic mass is 32.1. The molecule has 0 radical (unpaired) electrons. The van der Waals surface area contributed by atoms with E-state index in [1.165, 1.54) is 37.8 Å². The first kappa shape index (κ1) is 24.9. The van der Waals surface area contributed by atoms with E-state index in [0.29, 0.717) is 17.1 Å². The second kappa shape index (κ2) is 10.6. The van der Waals surface area contributed by atoms with Gasteiger partial charge in [-0.1, -0.05) is 18.2 Å². The molecule has 0 fully saturated rings. The van der Waals surface area contributed by atoms with Gasteiger partial charge in [-0.3, -0.25) is 9.59 Å². The molecule has 2 aromatic heterocycles. The molecular formula is C25H22FN3O6S. The van der Waals surface area contributed by atoms with E-state index in [9.17, 15) is 18.8 Å². The van der Waals surface area contributed by atoms with Crippen molar-refractivity contribution in [3.63, 3.8) is 0 Å². The number of nitrogens with zero attached hydrogens (tertiary/aromatic N) is 2. The number of anilines is 1. The average Bonchev–Trinajstić information content (AvgIpc) is 3.28. The van der Waals surface area contributed by atoms with E-state index in [-0.39, 0.29) is 40.2 Å². The highest BCUT2D eigenvalue weighted by Crippen LogP contribution is 2.32. The first-order valence-electron chi connectivity index (χ1n) is 10.8. The zero-order valence-electron chi connectivity index (χ0n) is 19.7. The minimum atomic E-state index is -0.770. The molecule has 0 unspecified atom stereocenters. The molecule has 0 atom stereocenters. The Morgan fingerprint density at radius 3 is 2.56 bits per heavy atom. The van der Waals surface area contributed by atoms with Crippen LogP contribution in [0.4, 0.5) is 9.39 Å². The van der Waals surface area contributed by atoms with Crippen molar-refractivity contribution >= 4 is 39.0 Å². The van der Waals surface area contributed by atoms with E-state index in [1.54, 1.807) is 31.2 Å². The number of carbonyl (C=O) groups is 2. The van der Waals surface area contributed by atoms with Gasteiger partial charge in [-0.15, -0.1) is 11.3 Å². The number of nitrogens with one attached hydrogen (secondary N) is 1. The Bertz CT molecular complexity index is 1510. The van der Waals surface area contributed by atoms with Crippen molar-refractivity contribution in [1.29, 1.82) is 0 Å². The minimum Gasteiger partial charge on any atom is -0.493 e. The molecule has 0 aliphatic carbocycles. The molecule has 0 saturated heterocycles. The normalized spacial score (nSPS) is 10.8. The molecule has 4 rings (SSSR count). The number of halogens is 1. The van der Waals surface area contributed by atoms with Crippen molar-refractivity contribution in [2.75, 3.05) is 26.1 Å². The third kappa shape index (κ3) is 4.78. The predicted molar refractivity (Wildman–Crippen MR) is 133 cm³/mol. The fourth-order valence-corrected chi connectivity index (χ4v) is 4.58. The maximum Gasteiger partial charge on any atom is 0.359 e. The van der Waals surface area contributed by atoms with E-state index in [1.807, 2.05) is 0 Å². The van der Waals surface area contributed by atoms with Crippen LogP contribution in [0.2, 0.25) is 0 Å². The summed E-state index contributed by atoms with van der Waals surface area (Å²) in [7, 11) is 3.01. The summed E-state index contributed by atoms with van der Waals surface area (Å²) in [4.78, 5) is 38.9. The van der Waals surface area contributed by atoms with Crippen LogP contribution >= 0.6 is 11.3 Å². The molecule has 36 heavy (non-hydrogen) atoms. The Kier molecular flexibility index (Phi) is 7.30. The number of hydrogen-bond acceptors (Lipinski definition) is 8. The second-order valence-electron chi connectivity index (χ2n) is 7.51. The summed E-state index contributed by atoms with van der Waals surface area (Å²) in [6, 6.07) is 10.6. The quantitative estimate of drug-likeness (QED) is 0.357. The van der Waals surface area contributed by atoms with Crippen molar-refractivity contribution in [2.24, 2.45) is 0 Å². The Balaban J connectivity index is 1.76. The number of aromatic nitrogens is 2. The van der Waals surface area contributed by atoms with Crippen molar-refractivity contribution in [3.05, 3.63) is 75.3 Å². The van der Waals surface area contributed by atoms with Gasteiger partial charge < -0.3 is 19.5 Å². The zero-order valence-corrected chi connectivity index (χ0v) is 20.5. The lowest BCUT2D eigenvalue weighted by Gasteiger charge is -2.11. The summed E-state index contributed by atoms with van der Waals surface area (Å²) in [5, 5.41) is 8.81. The Labute approximate surface area is 209 Å². The average molecular weight is 512 g/mol. The lowest BCUT2D eigenvalue weighted by Crippen LogP contribution is -2.26. The van der Waals surface area contributed by atoms with E-state index >= 15 is 0 Å². The maximum atomic E-state index is 14.5. The van der Waals surface area contributed by atoms with Gasteiger partial charge in [0.25, 0.3) is 5.56 Å². The van der Waals surface area contributed by atoms with E-state index < -0.39 is 23.3 Å². The van der Waals surface area contributed by atoms with Gasteiger partial charge >= 0.3 is 5.97 Å². The largest absolute Gasteiger partial charge is 0.493 e. The van der Waals surface area contributed by atoms with E-state index in [4.69, 9.17) is 14.2 Å². The molecule has 0 spiro atoms. The van der Waals surface area contributed by atoms with Gasteiger partial charge in [0.2, 0.25) is 5.91 Å². The van der Waals surface area contributed by atoms with Crippen molar-refractivity contribution in [3.8, 4) is 17.2 Å². The Morgan fingerprint density at radius 1 is 1.11 bits per heavy atom. The first-order valence-corrected chi connectivity index (χ1v) is 11.7. The van der Waals surface area contributed by atoms with Gasteiger partial charge in [0, 0.05) is 10.8 Å². The smallest absolute Gasteiger partial charge is 0.359 e. The van der Waals surface area contributed by atoms with Gasteiger partial charge in [-0.05, 0) is 36.8 Å². The lowest BCUT2D eigenvalue weighted by atomic mass is 10.1. The number of methoxy groups -OCH3 is 2. The molecular weight excluding hydrogens is 489 g/mol. The summed E-state index contributed by atoms with van der Waals surface area (Å²) in [5.74, 6) is -0.873. The number of ether oxygens (including phenoxy) is 3. The molecule has 0 aliphatic rings. The number of hydrogen-bond donors (Lipinski definition) is 1. The molecule has 0 bridgehead atoms. The fourth-order valence-electron chi connectivity index (χ4n) is 3.63. The van der Waals surface area contributed by atoms with Gasteiger partial charge in [0.15, 0.2) is 17.2 Å². The van der Waals surface area contributed by atoms with Gasteiger partial charge in [-0.2, -0.15) is 9.78 Å². The van der Waals surface area contributed by atoms with Crippen LogP contribution in [0, 0.1) is 5.82 Å². The van der Waals surface area contributed by atoms with E-state index in [0.717, 1.165) is 16.0 Å². The lowest BCUT2D eigenvalue weighted by molar-refractivity contribution is -0.115. The number of rotatable bonds is 8. The molecule has 11 heteroatoms. The molecule has 9 nitrogen and oxygen atoms in total. The SMILES string of the molecule is CCOC(=O)c1nn(-c2ccccc2F)c(=O)c2c(NC(=O)Cc3ccc(OC)c(OC)c3)scc12. The van der Waals surface area contributed by atoms with Crippen LogP contribution in [0.5, 0.6) is 11.5 Å². The number of fused-ring (bicyclic) bond motifs is 1. The third-order valence-corrected chi connectivity index (χ3v) is 6.16. The van der Waals surface area contributed by atoms with Gasteiger partial charge in [0.1, 0.15) is 16.5 Å². The maximum absolute atomic E-state index is 14.5. The zero-order chi connectivity index (χ0) is 25.8. The topological polar surface area (TPSA) is 109 Å². The highest BCUT2D eigenvalue weighted by Gasteiger charge is 2.24. The van der Waals surface area contributed by atoms with Crippen LogP contribution in [-0.4, -0.2) is 42.5 Å². The molecule has 1 amide bonds. The van der Waals surface area contributed by atoms with Crippen LogP contribution in [0.3, 0.4) is 0 Å². The number of esters is 1. The third-order valence-electron chi connectivity index (χ3n) is 5.27. The van der Waals surface area contributed by atoms with Crippen LogP contribution < -0.4 is 20.3 Å². The Morgan fingerprint density at radius 2 is 1.86 bits per heavy atom. The molecule has 2 heterocycles. The van der Waals surface area contributed by atoms with Crippen LogP contribution in [0.1, 0.15) is 23.0 Å². The number of para-hydroxylation sites is 1. The van der Waals surface area contributed by atoms with Gasteiger partial charge in [0.05, 0.1) is 32.6 Å². The fraction of sp³-hybridized carbons (Fsp3) is 0.200. The number of thiophene rings is 1. The molecule has 2 aromatic carbocycles. The standard InChI is InChI=1S/C25H22FN3O6S/c1-4-35-25(32)22-15-13-36-23(21(15)24(31)29(28-22)17-8-6-5-7-16(17)26)27-20(30)12-14-9-10-18(33-2)19(11-14)34-3/h5-11,13H,4,12H2,1-3H3,(H,27,30). The number of amides is 1. The first-order chi connectivity index (χ1) is 17.4. The summed E-state index contributed by atoms with van der Waals surface area (Å²) < 4.78 is 30.9. The van der Waals surface area contributed by atoms with Crippen molar-refractivity contribution in [2.45, 2.75) is 13.3 Å². The summed E-state index contributed by atoms with van der Waals surface area (Å²) in [6.07, 6.45) is -0.0168. The van der Waals surface area contributed by atoms with Crippen molar-refractivity contribution in [1.82, 2.24) is 9.78 Å². The van der Waals surface area contributed by atoms with E-state index in [2.05, 4.69) is 10.4 Å². The molecule has 4 aromatic rings. The molecule has 186 valence electrons. The van der Waals surface area contributed by atoms with Crippen LogP contribution in [0.25, 0.3) is 16.5 Å². The minimum absolute atomic E-state index is 0.0168. The van der Waals surface area contributed by atoms with Crippen molar-refractivity contribution < 1.29 is 28.2 Å². The number of carbonyl (C=O) groups excluding carboxylic acids is 2. The Hall–Kier alpha value is -4.25. The highest BCUT2D eigenvalue weighted by molar-refractivity contribution is 7.16. The number of benzene rings is 2. The summed E-state index contributed by atoms with van der Waals surface area (Å²) in [6.45, 7) is 1.72. The molecule has 0 saturated carbocycles. The summed E-state index contributed by atoms with van der Waals surface area (Å²) in [5.41, 5.74) is -0.329. The monoisotopic (exact) mass is 511 g/mol. The van der Waals surface area contributed by atoms with Gasteiger partial charge in [-0.25, -0.2) is 9.18 Å². The van der Waals surface area contributed by atoms with Crippen LogP contribution in [-0.2, 0) is 16.0 Å². The molecule has 1 N–H and O–H groups in total. The van der Waals surface area contributed by atoms with Crippen LogP contribution in [0.15, 0.2) is 52.6 Å². The predicted octanol–water partition coefficient (Wildman–Crippen LogP) is 3.96. The summed E-state index contributed by atoms with van der Waals surface area (Å²) >= 11 is 1.06. The molecule has 0 aliphatic heterocycles.